The lowest BCUT2D eigenvalue weighted by atomic mass is 10.3. The quantitative estimate of drug-likeness (QED) is 0.612. The summed E-state index contributed by atoms with van der Waals surface area (Å²) in [6.45, 7) is 2.93. The van der Waals surface area contributed by atoms with Crippen molar-refractivity contribution in [3.8, 4) is 5.75 Å². The van der Waals surface area contributed by atoms with Crippen LogP contribution in [0.2, 0.25) is 0 Å². The van der Waals surface area contributed by atoms with Crippen LogP contribution in [0.15, 0.2) is 30.3 Å². The minimum absolute atomic E-state index is 0.884. The van der Waals surface area contributed by atoms with Crippen LogP contribution in [0.3, 0.4) is 0 Å². The first-order valence-corrected chi connectivity index (χ1v) is 3.77. The molecule has 0 radical (unpaired) electrons. The van der Waals surface area contributed by atoms with Gasteiger partial charge in [0.15, 0.2) is 0 Å². The van der Waals surface area contributed by atoms with Crippen molar-refractivity contribution in [3.63, 3.8) is 0 Å². The number of hydroxylamine groups is 2. The second kappa shape index (κ2) is 3.98. The maximum absolute atomic E-state index is 5.40. The van der Waals surface area contributed by atoms with Crippen molar-refractivity contribution < 1.29 is 4.84 Å². The number of hydrogen-bond donors (Lipinski definition) is 0. The van der Waals surface area contributed by atoms with Crippen molar-refractivity contribution in [1.29, 1.82) is 0 Å². The lowest BCUT2D eigenvalue weighted by Gasteiger charge is -2.14. The smallest absolute Gasteiger partial charge is 0.147 e. The molecule has 0 aliphatic rings. The third-order valence-corrected chi connectivity index (χ3v) is 1.45. The zero-order valence-electron chi connectivity index (χ0n) is 6.95. The summed E-state index contributed by atoms with van der Waals surface area (Å²) in [5, 5.41) is 1.79. The van der Waals surface area contributed by atoms with Crippen LogP contribution in [0.4, 0.5) is 0 Å². The first-order chi connectivity index (χ1) is 5.33. The highest BCUT2D eigenvalue weighted by Gasteiger charge is 1.94. The van der Waals surface area contributed by atoms with Gasteiger partial charge in [-0.3, -0.25) is 0 Å². The highest BCUT2D eigenvalue weighted by molar-refractivity contribution is 5.20. The number of rotatable bonds is 3. The van der Waals surface area contributed by atoms with Gasteiger partial charge in [0.05, 0.1) is 0 Å². The Morgan fingerprint density at radius 1 is 1.27 bits per heavy atom. The SMILES string of the molecule is CCN(C)Oc1ccccc1. The first kappa shape index (κ1) is 8.08. The lowest BCUT2D eigenvalue weighted by Crippen LogP contribution is -2.21. The molecule has 0 saturated heterocycles. The second-order valence-corrected chi connectivity index (χ2v) is 2.35. The van der Waals surface area contributed by atoms with E-state index in [2.05, 4.69) is 0 Å². The highest BCUT2D eigenvalue weighted by atomic mass is 16.7. The highest BCUT2D eigenvalue weighted by Crippen LogP contribution is 2.08. The van der Waals surface area contributed by atoms with Crippen LogP contribution in [0.5, 0.6) is 5.75 Å². The number of hydrogen-bond acceptors (Lipinski definition) is 2. The predicted octanol–water partition coefficient (Wildman–Crippen LogP) is 1.93. The molecule has 0 heterocycles. The monoisotopic (exact) mass is 151 g/mol. The van der Waals surface area contributed by atoms with E-state index >= 15 is 0 Å². The molecule has 1 aromatic carbocycles. The molecule has 2 heteroatoms. The second-order valence-electron chi connectivity index (χ2n) is 2.35. The van der Waals surface area contributed by atoms with E-state index in [1.54, 1.807) is 5.06 Å². The van der Waals surface area contributed by atoms with Crippen molar-refractivity contribution in [3.05, 3.63) is 30.3 Å². The summed E-state index contributed by atoms with van der Waals surface area (Å²) in [7, 11) is 1.91. The largest absolute Gasteiger partial charge is 0.406 e. The molecule has 0 spiro atoms. The summed E-state index contributed by atoms with van der Waals surface area (Å²) >= 11 is 0. The van der Waals surface area contributed by atoms with Crippen LogP contribution >= 0.6 is 0 Å². The van der Waals surface area contributed by atoms with Crippen LogP contribution in [-0.2, 0) is 0 Å². The Kier molecular flexibility index (Phi) is 2.93. The maximum Gasteiger partial charge on any atom is 0.147 e. The Morgan fingerprint density at radius 3 is 2.45 bits per heavy atom. The lowest BCUT2D eigenvalue weighted by molar-refractivity contribution is -0.0262. The van der Waals surface area contributed by atoms with Gasteiger partial charge < -0.3 is 4.84 Å². The molecule has 0 aliphatic carbocycles. The Morgan fingerprint density at radius 2 is 1.91 bits per heavy atom. The zero-order chi connectivity index (χ0) is 8.10. The molecule has 2 nitrogen and oxygen atoms in total. The van der Waals surface area contributed by atoms with Crippen molar-refractivity contribution >= 4 is 0 Å². The van der Waals surface area contributed by atoms with Crippen LogP contribution in [-0.4, -0.2) is 18.7 Å². The minimum atomic E-state index is 0.884. The van der Waals surface area contributed by atoms with Crippen molar-refractivity contribution in [1.82, 2.24) is 5.06 Å². The molecule has 0 saturated carbocycles. The van der Waals surface area contributed by atoms with Crippen LogP contribution in [0.1, 0.15) is 6.92 Å². The minimum Gasteiger partial charge on any atom is -0.406 e. The molecule has 1 aromatic rings. The van der Waals surface area contributed by atoms with Crippen molar-refractivity contribution in [2.24, 2.45) is 0 Å². The average molecular weight is 151 g/mol. The first-order valence-electron chi connectivity index (χ1n) is 3.77. The van der Waals surface area contributed by atoms with Crippen LogP contribution in [0.25, 0.3) is 0 Å². The summed E-state index contributed by atoms with van der Waals surface area (Å²) in [6, 6.07) is 9.76. The van der Waals surface area contributed by atoms with E-state index in [4.69, 9.17) is 4.84 Å². The molecule has 11 heavy (non-hydrogen) atoms. The molecular weight excluding hydrogens is 138 g/mol. The summed E-state index contributed by atoms with van der Waals surface area (Å²) in [5.41, 5.74) is 0. The van der Waals surface area contributed by atoms with Gasteiger partial charge in [0, 0.05) is 13.6 Å². The number of para-hydroxylation sites is 1. The van der Waals surface area contributed by atoms with Gasteiger partial charge in [-0.2, -0.15) is 0 Å². The van der Waals surface area contributed by atoms with Gasteiger partial charge in [-0.05, 0) is 19.1 Å². The van der Waals surface area contributed by atoms with E-state index in [1.807, 2.05) is 44.3 Å². The molecular formula is C9H13NO. The number of nitrogens with zero attached hydrogens (tertiary/aromatic N) is 1. The van der Waals surface area contributed by atoms with Gasteiger partial charge in [-0.25, -0.2) is 0 Å². The standard InChI is InChI=1S/C9H13NO/c1-3-10(2)11-9-7-5-4-6-8-9/h4-8H,3H2,1-2H3. The third kappa shape index (κ3) is 2.60. The molecule has 0 aliphatic heterocycles. The van der Waals surface area contributed by atoms with Gasteiger partial charge in [0.1, 0.15) is 5.75 Å². The van der Waals surface area contributed by atoms with E-state index < -0.39 is 0 Å². The van der Waals surface area contributed by atoms with E-state index in [9.17, 15) is 0 Å². The summed E-state index contributed by atoms with van der Waals surface area (Å²) < 4.78 is 0. The van der Waals surface area contributed by atoms with Crippen molar-refractivity contribution in [2.75, 3.05) is 13.6 Å². The van der Waals surface area contributed by atoms with E-state index in [1.165, 1.54) is 0 Å². The number of benzene rings is 1. The van der Waals surface area contributed by atoms with Gasteiger partial charge in [-0.1, -0.05) is 18.2 Å². The predicted molar refractivity (Wildman–Crippen MR) is 45.4 cm³/mol. The van der Waals surface area contributed by atoms with Gasteiger partial charge in [-0.15, -0.1) is 5.06 Å². The fraction of sp³-hybridized carbons (Fsp3) is 0.333. The molecule has 0 bridgehead atoms. The van der Waals surface area contributed by atoms with E-state index in [0.29, 0.717) is 0 Å². The third-order valence-electron chi connectivity index (χ3n) is 1.45. The Balaban J connectivity index is 2.51. The molecule has 0 unspecified atom stereocenters. The molecule has 0 N–H and O–H groups in total. The molecule has 0 atom stereocenters. The topological polar surface area (TPSA) is 12.5 Å². The molecule has 60 valence electrons. The van der Waals surface area contributed by atoms with Crippen molar-refractivity contribution in [2.45, 2.75) is 6.92 Å². The Bertz CT molecular complexity index is 198. The van der Waals surface area contributed by atoms with Gasteiger partial charge >= 0.3 is 0 Å². The van der Waals surface area contributed by atoms with Gasteiger partial charge in [0.2, 0.25) is 0 Å². The molecule has 0 amide bonds. The van der Waals surface area contributed by atoms with E-state index in [0.717, 1.165) is 12.3 Å². The molecule has 0 fully saturated rings. The Labute approximate surface area is 67.4 Å². The molecule has 1 rings (SSSR count). The van der Waals surface area contributed by atoms with Crippen LogP contribution < -0.4 is 4.84 Å². The normalized spacial score (nSPS) is 10.1. The summed E-state index contributed by atoms with van der Waals surface area (Å²) in [5.74, 6) is 0.886. The zero-order valence-corrected chi connectivity index (χ0v) is 6.95. The fourth-order valence-electron chi connectivity index (χ4n) is 0.726. The average Bonchev–Trinajstić information content (AvgIpc) is 2.06. The fourth-order valence-corrected chi connectivity index (χ4v) is 0.726. The van der Waals surface area contributed by atoms with Gasteiger partial charge in [0.25, 0.3) is 0 Å². The van der Waals surface area contributed by atoms with E-state index in [-0.39, 0.29) is 0 Å². The van der Waals surface area contributed by atoms with Crippen LogP contribution in [0, 0.1) is 0 Å². The maximum atomic E-state index is 5.40. The summed E-state index contributed by atoms with van der Waals surface area (Å²) in [4.78, 5) is 5.40. The Hall–Kier alpha value is -1.02. The molecule has 0 aromatic heterocycles. The summed E-state index contributed by atoms with van der Waals surface area (Å²) in [6.07, 6.45) is 0.